The molecular formula is C20H21Cl2N3O2S. The van der Waals surface area contributed by atoms with Gasteiger partial charge in [0.25, 0.3) is 10.0 Å². The maximum absolute atomic E-state index is 12.7. The summed E-state index contributed by atoms with van der Waals surface area (Å²) in [6.45, 7) is 4.62. The van der Waals surface area contributed by atoms with E-state index in [1.165, 1.54) is 0 Å². The zero-order valence-corrected chi connectivity index (χ0v) is 17.9. The van der Waals surface area contributed by atoms with Crippen molar-refractivity contribution in [3.63, 3.8) is 0 Å². The molecule has 0 unspecified atom stereocenters. The first-order chi connectivity index (χ1) is 13.2. The normalized spacial score (nSPS) is 11.8. The molecule has 148 valence electrons. The van der Waals surface area contributed by atoms with Crippen LogP contribution in [0.25, 0.3) is 0 Å². The number of hydrogen-bond donors (Lipinski definition) is 1. The Morgan fingerprint density at radius 3 is 2.36 bits per heavy atom. The molecule has 3 aromatic rings. The highest BCUT2D eigenvalue weighted by molar-refractivity contribution is 7.92. The fourth-order valence-electron chi connectivity index (χ4n) is 2.81. The number of halogens is 2. The SMILES string of the molecule is CC(C)Cc1ccc(S(=O)(=O)Nc2nn(Cc3ccccc3Cl)cc2Cl)cc1. The van der Waals surface area contributed by atoms with E-state index in [-0.39, 0.29) is 15.7 Å². The molecule has 0 saturated carbocycles. The predicted molar refractivity (Wildman–Crippen MR) is 114 cm³/mol. The summed E-state index contributed by atoms with van der Waals surface area (Å²) in [6, 6.07) is 14.2. The molecule has 0 bridgehead atoms. The van der Waals surface area contributed by atoms with Crippen molar-refractivity contribution < 1.29 is 8.42 Å². The summed E-state index contributed by atoms with van der Waals surface area (Å²) in [5, 5.41) is 5.07. The average molecular weight is 438 g/mol. The summed E-state index contributed by atoms with van der Waals surface area (Å²) in [7, 11) is -3.79. The van der Waals surface area contributed by atoms with E-state index in [1.54, 1.807) is 29.1 Å². The van der Waals surface area contributed by atoms with Gasteiger partial charge in [-0.25, -0.2) is 8.42 Å². The van der Waals surface area contributed by atoms with Crippen molar-refractivity contribution in [3.05, 3.63) is 75.9 Å². The number of anilines is 1. The molecule has 0 aliphatic rings. The van der Waals surface area contributed by atoms with Crippen LogP contribution in [0.3, 0.4) is 0 Å². The van der Waals surface area contributed by atoms with Gasteiger partial charge in [-0.1, -0.05) is 67.4 Å². The average Bonchev–Trinajstić information content (AvgIpc) is 2.95. The second-order valence-corrected chi connectivity index (χ2v) is 9.46. The summed E-state index contributed by atoms with van der Waals surface area (Å²) in [5.74, 6) is 0.585. The first kappa shape index (κ1) is 20.7. The van der Waals surface area contributed by atoms with Crippen LogP contribution in [0.5, 0.6) is 0 Å². The molecule has 2 aromatic carbocycles. The summed E-state index contributed by atoms with van der Waals surface area (Å²) in [5.41, 5.74) is 1.95. The van der Waals surface area contributed by atoms with Crippen LogP contribution in [-0.4, -0.2) is 18.2 Å². The van der Waals surface area contributed by atoms with Gasteiger partial charge >= 0.3 is 0 Å². The predicted octanol–water partition coefficient (Wildman–Crippen LogP) is 5.24. The molecule has 0 saturated heterocycles. The van der Waals surface area contributed by atoms with Crippen molar-refractivity contribution in [2.24, 2.45) is 5.92 Å². The van der Waals surface area contributed by atoms with Crippen LogP contribution < -0.4 is 4.72 Å². The number of rotatable bonds is 7. The van der Waals surface area contributed by atoms with Crippen molar-refractivity contribution in [2.45, 2.75) is 31.7 Å². The van der Waals surface area contributed by atoms with Crippen molar-refractivity contribution >= 4 is 39.0 Å². The topological polar surface area (TPSA) is 64.0 Å². The molecule has 1 aromatic heterocycles. The molecule has 1 heterocycles. The van der Waals surface area contributed by atoms with Crippen molar-refractivity contribution in [2.75, 3.05) is 4.72 Å². The van der Waals surface area contributed by atoms with Crippen LogP contribution >= 0.6 is 23.2 Å². The Kier molecular flexibility index (Phi) is 6.33. The number of benzene rings is 2. The molecule has 0 amide bonds. The fraction of sp³-hybridized carbons (Fsp3) is 0.250. The van der Waals surface area contributed by atoms with Crippen molar-refractivity contribution in [1.29, 1.82) is 0 Å². The smallest absolute Gasteiger partial charge is 0.263 e. The van der Waals surface area contributed by atoms with Gasteiger partial charge in [0, 0.05) is 11.2 Å². The Hall–Kier alpha value is -2.02. The Bertz CT molecular complexity index is 1060. The van der Waals surface area contributed by atoms with Gasteiger partial charge in [0.05, 0.1) is 11.4 Å². The lowest BCUT2D eigenvalue weighted by Gasteiger charge is -2.08. The van der Waals surface area contributed by atoms with E-state index in [2.05, 4.69) is 23.7 Å². The van der Waals surface area contributed by atoms with Gasteiger partial charge in [0.1, 0.15) is 5.02 Å². The molecule has 1 N–H and O–H groups in total. The number of nitrogens with zero attached hydrogens (tertiary/aromatic N) is 2. The van der Waals surface area contributed by atoms with Gasteiger partial charge in [0.15, 0.2) is 5.82 Å². The Balaban J connectivity index is 1.77. The first-order valence-electron chi connectivity index (χ1n) is 8.83. The van der Waals surface area contributed by atoms with E-state index in [9.17, 15) is 8.42 Å². The van der Waals surface area contributed by atoms with Crippen LogP contribution in [0.15, 0.2) is 59.6 Å². The molecule has 3 rings (SSSR count). The number of aromatic nitrogens is 2. The maximum Gasteiger partial charge on any atom is 0.263 e. The molecule has 0 radical (unpaired) electrons. The number of nitrogens with one attached hydrogen (secondary N) is 1. The molecule has 0 fully saturated rings. The minimum absolute atomic E-state index is 0.0833. The van der Waals surface area contributed by atoms with Crippen LogP contribution in [0, 0.1) is 5.92 Å². The van der Waals surface area contributed by atoms with E-state index in [0.717, 1.165) is 17.5 Å². The van der Waals surface area contributed by atoms with E-state index in [4.69, 9.17) is 23.2 Å². The van der Waals surface area contributed by atoms with Crippen LogP contribution in [0.2, 0.25) is 10.0 Å². The maximum atomic E-state index is 12.7. The lowest BCUT2D eigenvalue weighted by molar-refractivity contribution is 0.600. The Labute approximate surface area is 175 Å². The third-order valence-electron chi connectivity index (χ3n) is 4.12. The first-order valence-corrected chi connectivity index (χ1v) is 11.1. The zero-order valence-electron chi connectivity index (χ0n) is 15.6. The third-order valence-corrected chi connectivity index (χ3v) is 6.12. The highest BCUT2D eigenvalue weighted by atomic mass is 35.5. The number of hydrogen-bond acceptors (Lipinski definition) is 3. The van der Waals surface area contributed by atoms with Crippen LogP contribution in [-0.2, 0) is 23.0 Å². The van der Waals surface area contributed by atoms with Crippen molar-refractivity contribution in [3.8, 4) is 0 Å². The minimum Gasteiger partial charge on any atom is -0.265 e. The summed E-state index contributed by atoms with van der Waals surface area (Å²) < 4.78 is 29.3. The highest BCUT2D eigenvalue weighted by Crippen LogP contribution is 2.25. The lowest BCUT2D eigenvalue weighted by atomic mass is 10.0. The van der Waals surface area contributed by atoms with Crippen molar-refractivity contribution in [1.82, 2.24) is 9.78 Å². The molecular weight excluding hydrogens is 417 g/mol. The van der Waals surface area contributed by atoms with E-state index in [1.807, 2.05) is 30.3 Å². The summed E-state index contributed by atoms with van der Waals surface area (Å²) in [6.07, 6.45) is 2.46. The standard InChI is InChI=1S/C20H21Cl2N3O2S/c1-14(2)11-15-7-9-17(10-8-15)28(26,27)24-20-19(22)13-25(23-20)12-16-5-3-4-6-18(16)21/h3-10,13-14H,11-12H2,1-2H3,(H,23,24). The van der Waals surface area contributed by atoms with Gasteiger partial charge in [-0.3, -0.25) is 9.40 Å². The van der Waals surface area contributed by atoms with Gasteiger partial charge in [-0.15, -0.1) is 0 Å². The number of sulfonamides is 1. The quantitative estimate of drug-likeness (QED) is 0.549. The monoisotopic (exact) mass is 437 g/mol. The second-order valence-electron chi connectivity index (χ2n) is 6.96. The van der Waals surface area contributed by atoms with E-state index >= 15 is 0 Å². The summed E-state index contributed by atoms with van der Waals surface area (Å²) in [4.78, 5) is 0.164. The Morgan fingerprint density at radius 2 is 1.71 bits per heavy atom. The minimum atomic E-state index is -3.79. The van der Waals surface area contributed by atoms with Gasteiger partial charge in [0.2, 0.25) is 0 Å². The molecule has 8 heteroatoms. The molecule has 0 atom stereocenters. The lowest BCUT2D eigenvalue weighted by Crippen LogP contribution is -2.14. The largest absolute Gasteiger partial charge is 0.265 e. The highest BCUT2D eigenvalue weighted by Gasteiger charge is 2.18. The van der Waals surface area contributed by atoms with E-state index in [0.29, 0.717) is 17.5 Å². The zero-order chi connectivity index (χ0) is 20.3. The molecule has 0 aliphatic heterocycles. The Morgan fingerprint density at radius 1 is 1.04 bits per heavy atom. The summed E-state index contributed by atoms with van der Waals surface area (Å²) >= 11 is 12.3. The van der Waals surface area contributed by atoms with Gasteiger partial charge in [-0.2, -0.15) is 5.10 Å². The third kappa shape index (κ3) is 5.07. The molecule has 5 nitrogen and oxygen atoms in total. The molecule has 0 aliphatic carbocycles. The van der Waals surface area contributed by atoms with Crippen LogP contribution in [0.1, 0.15) is 25.0 Å². The van der Waals surface area contributed by atoms with Gasteiger partial charge < -0.3 is 0 Å². The van der Waals surface area contributed by atoms with Gasteiger partial charge in [-0.05, 0) is 41.7 Å². The fourth-order valence-corrected chi connectivity index (χ4v) is 4.28. The van der Waals surface area contributed by atoms with E-state index < -0.39 is 10.0 Å². The molecule has 28 heavy (non-hydrogen) atoms. The second kappa shape index (κ2) is 8.55. The van der Waals surface area contributed by atoms with Crippen LogP contribution in [0.4, 0.5) is 5.82 Å². The molecule has 0 spiro atoms.